The highest BCUT2D eigenvalue weighted by Gasteiger charge is 2.19. The minimum atomic E-state index is -0.252. The number of aromatic nitrogens is 2. The largest absolute Gasteiger partial charge is 0.329 e. The van der Waals surface area contributed by atoms with Crippen LogP contribution in [-0.2, 0) is 0 Å². The Morgan fingerprint density at radius 1 is 1.17 bits per heavy atom. The summed E-state index contributed by atoms with van der Waals surface area (Å²) in [7, 11) is 0. The van der Waals surface area contributed by atoms with Gasteiger partial charge in [0.05, 0.1) is 5.52 Å². The molecule has 0 radical (unpaired) electrons. The first kappa shape index (κ1) is 11.7. The van der Waals surface area contributed by atoms with Crippen LogP contribution in [0.25, 0.3) is 10.2 Å². The summed E-state index contributed by atoms with van der Waals surface area (Å²) < 4.78 is 2.11. The molecule has 0 bridgehead atoms. The normalized spacial score (nSPS) is 18.0. The van der Waals surface area contributed by atoms with Gasteiger partial charge in [-0.1, -0.05) is 25.7 Å². The smallest absolute Gasteiger partial charge is 0.306 e. The van der Waals surface area contributed by atoms with Gasteiger partial charge in [-0.05, 0) is 24.3 Å². The Balaban J connectivity index is 2.15. The van der Waals surface area contributed by atoms with Gasteiger partial charge in [0.2, 0.25) is 0 Å². The summed E-state index contributed by atoms with van der Waals surface area (Å²) in [5.41, 5.74) is 0.299. The highest BCUT2D eigenvalue weighted by molar-refractivity contribution is 7.17. The molecule has 1 aliphatic carbocycles. The molecular weight excluding hydrogens is 248 g/mol. The third kappa shape index (κ3) is 1.92. The fourth-order valence-electron chi connectivity index (χ4n) is 2.80. The summed E-state index contributed by atoms with van der Waals surface area (Å²) in [6, 6.07) is 1.87. The number of hydrogen-bond donors (Lipinski definition) is 1. The van der Waals surface area contributed by atoms with E-state index in [2.05, 4.69) is 4.98 Å². The van der Waals surface area contributed by atoms with Crippen molar-refractivity contribution in [2.24, 2.45) is 0 Å². The molecule has 0 amide bonds. The lowest BCUT2D eigenvalue weighted by atomic mass is 10.1. The lowest BCUT2D eigenvalue weighted by Crippen LogP contribution is -2.37. The van der Waals surface area contributed by atoms with Crippen molar-refractivity contribution >= 4 is 21.6 Å². The molecule has 1 aliphatic rings. The highest BCUT2D eigenvalue weighted by Crippen LogP contribution is 2.25. The first-order valence-electron chi connectivity index (χ1n) is 6.49. The van der Waals surface area contributed by atoms with Crippen LogP contribution in [0.15, 0.2) is 21.0 Å². The van der Waals surface area contributed by atoms with E-state index in [4.69, 9.17) is 0 Å². The summed E-state index contributed by atoms with van der Waals surface area (Å²) in [6.45, 7) is 0. The van der Waals surface area contributed by atoms with Gasteiger partial charge in [-0.3, -0.25) is 9.36 Å². The Morgan fingerprint density at radius 2 is 1.89 bits per heavy atom. The molecule has 1 saturated carbocycles. The van der Waals surface area contributed by atoms with E-state index in [-0.39, 0.29) is 17.3 Å². The van der Waals surface area contributed by atoms with Crippen molar-refractivity contribution in [1.29, 1.82) is 0 Å². The van der Waals surface area contributed by atoms with E-state index < -0.39 is 0 Å². The molecule has 1 N–H and O–H groups in total. The average molecular weight is 264 g/mol. The maximum Gasteiger partial charge on any atom is 0.329 e. The zero-order valence-electron chi connectivity index (χ0n) is 10.1. The van der Waals surface area contributed by atoms with Crippen molar-refractivity contribution in [2.45, 2.75) is 44.6 Å². The van der Waals surface area contributed by atoms with E-state index in [1.54, 1.807) is 6.07 Å². The third-order valence-electron chi connectivity index (χ3n) is 3.73. The highest BCUT2D eigenvalue weighted by atomic mass is 32.1. The minimum Gasteiger partial charge on any atom is -0.306 e. The van der Waals surface area contributed by atoms with Crippen LogP contribution in [0.3, 0.4) is 0 Å². The van der Waals surface area contributed by atoms with E-state index >= 15 is 0 Å². The number of hydrogen-bond acceptors (Lipinski definition) is 3. The second-order valence-electron chi connectivity index (χ2n) is 4.91. The molecule has 4 nitrogen and oxygen atoms in total. The molecule has 0 aliphatic heterocycles. The fourth-order valence-corrected chi connectivity index (χ4v) is 3.58. The molecule has 2 heterocycles. The lowest BCUT2D eigenvalue weighted by molar-refractivity contribution is 0.419. The molecule has 0 saturated heterocycles. The summed E-state index contributed by atoms with van der Waals surface area (Å²) in [4.78, 5) is 27.3. The van der Waals surface area contributed by atoms with Crippen LogP contribution in [0.1, 0.15) is 44.6 Å². The average Bonchev–Trinajstić information content (AvgIpc) is 2.65. The summed E-state index contributed by atoms with van der Waals surface area (Å²) >= 11 is 1.40. The quantitative estimate of drug-likeness (QED) is 0.805. The Hall–Kier alpha value is -1.36. The van der Waals surface area contributed by atoms with Gasteiger partial charge in [0.25, 0.3) is 5.56 Å². The van der Waals surface area contributed by atoms with Crippen molar-refractivity contribution in [1.82, 2.24) is 9.55 Å². The maximum atomic E-state index is 12.4. The number of nitrogens with one attached hydrogen (secondary N) is 1. The molecule has 3 rings (SSSR count). The molecular formula is C13H16N2O2S. The Morgan fingerprint density at radius 3 is 2.61 bits per heavy atom. The van der Waals surface area contributed by atoms with Gasteiger partial charge < -0.3 is 4.98 Å². The van der Waals surface area contributed by atoms with Gasteiger partial charge in [0.15, 0.2) is 0 Å². The number of H-pyrrole nitrogens is 1. The molecule has 0 atom stereocenters. The zero-order valence-corrected chi connectivity index (χ0v) is 11.0. The van der Waals surface area contributed by atoms with Crippen molar-refractivity contribution in [3.05, 3.63) is 32.3 Å². The number of fused-ring (bicyclic) bond motifs is 1. The number of thiophene rings is 1. The molecule has 0 unspecified atom stereocenters. The van der Waals surface area contributed by atoms with Gasteiger partial charge >= 0.3 is 5.69 Å². The first-order valence-corrected chi connectivity index (χ1v) is 7.37. The lowest BCUT2D eigenvalue weighted by Gasteiger charge is -2.16. The van der Waals surface area contributed by atoms with Gasteiger partial charge in [0.1, 0.15) is 4.70 Å². The molecule has 96 valence electrons. The van der Waals surface area contributed by atoms with Crippen LogP contribution in [0.4, 0.5) is 0 Å². The molecule has 0 aromatic carbocycles. The Bertz CT molecular complexity index is 659. The molecule has 2 aromatic heterocycles. The number of nitrogens with zero attached hydrogens (tertiary/aromatic N) is 1. The molecule has 18 heavy (non-hydrogen) atoms. The predicted molar refractivity (Wildman–Crippen MR) is 73.4 cm³/mol. The van der Waals surface area contributed by atoms with Crippen LogP contribution in [0, 0.1) is 0 Å². The predicted octanol–water partition coefficient (Wildman–Crippen LogP) is 2.65. The second-order valence-corrected chi connectivity index (χ2v) is 5.83. The van der Waals surface area contributed by atoms with Crippen molar-refractivity contribution in [3.8, 4) is 0 Å². The molecule has 5 heteroatoms. The minimum absolute atomic E-state index is 0.0789. The first-order chi connectivity index (χ1) is 8.77. The van der Waals surface area contributed by atoms with Gasteiger partial charge in [-0.15, -0.1) is 11.3 Å². The standard InChI is InChI=1S/C13H16N2O2S/c16-12-11-10(7-8-18-11)14-13(17)15(12)9-5-3-1-2-4-6-9/h7-9H,1-6H2,(H,14,17). The van der Waals surface area contributed by atoms with Crippen LogP contribution < -0.4 is 11.2 Å². The van der Waals surface area contributed by atoms with Crippen molar-refractivity contribution in [2.75, 3.05) is 0 Å². The maximum absolute atomic E-state index is 12.4. The summed E-state index contributed by atoms with van der Waals surface area (Å²) in [5.74, 6) is 0. The third-order valence-corrected chi connectivity index (χ3v) is 4.63. The van der Waals surface area contributed by atoms with Crippen LogP contribution in [0.5, 0.6) is 0 Å². The van der Waals surface area contributed by atoms with Crippen molar-refractivity contribution in [3.63, 3.8) is 0 Å². The van der Waals surface area contributed by atoms with Gasteiger partial charge in [0, 0.05) is 6.04 Å². The van der Waals surface area contributed by atoms with E-state index in [0.29, 0.717) is 10.2 Å². The van der Waals surface area contributed by atoms with E-state index in [1.807, 2.05) is 5.38 Å². The zero-order chi connectivity index (χ0) is 12.5. The van der Waals surface area contributed by atoms with Gasteiger partial charge in [-0.2, -0.15) is 0 Å². The fraction of sp³-hybridized carbons (Fsp3) is 0.538. The monoisotopic (exact) mass is 264 g/mol. The van der Waals surface area contributed by atoms with E-state index in [0.717, 1.165) is 25.7 Å². The SMILES string of the molecule is O=c1[nH]c2ccsc2c(=O)n1C1CCCCCC1. The number of aromatic amines is 1. The van der Waals surface area contributed by atoms with Crippen molar-refractivity contribution < 1.29 is 0 Å². The van der Waals surface area contributed by atoms with Crippen LogP contribution in [0.2, 0.25) is 0 Å². The Kier molecular flexibility index (Phi) is 3.07. The molecule has 0 spiro atoms. The second kappa shape index (κ2) is 4.72. The van der Waals surface area contributed by atoms with Crippen LogP contribution >= 0.6 is 11.3 Å². The topological polar surface area (TPSA) is 54.9 Å². The van der Waals surface area contributed by atoms with Gasteiger partial charge in [-0.25, -0.2) is 4.79 Å². The Labute approximate surface area is 108 Å². The molecule has 1 fully saturated rings. The van der Waals surface area contributed by atoms with E-state index in [1.165, 1.54) is 28.7 Å². The summed E-state index contributed by atoms with van der Waals surface area (Å²) in [6.07, 6.45) is 6.53. The summed E-state index contributed by atoms with van der Waals surface area (Å²) in [5, 5.41) is 1.85. The van der Waals surface area contributed by atoms with E-state index in [9.17, 15) is 9.59 Å². The van der Waals surface area contributed by atoms with Crippen LogP contribution in [-0.4, -0.2) is 9.55 Å². The molecule has 2 aromatic rings. The number of rotatable bonds is 1.